The van der Waals surface area contributed by atoms with Gasteiger partial charge in [0.25, 0.3) is 0 Å². The van der Waals surface area contributed by atoms with Crippen molar-refractivity contribution in [2.45, 2.75) is 13.0 Å². The molecule has 122 valence electrons. The molecule has 1 aromatic heterocycles. The first-order valence-corrected chi connectivity index (χ1v) is 8.98. The van der Waals surface area contributed by atoms with E-state index in [0.29, 0.717) is 25.2 Å². The van der Waals surface area contributed by atoms with E-state index in [-0.39, 0.29) is 18.2 Å². The number of sulfonamides is 1. The number of hydrogen-bond acceptors (Lipinski definition) is 4. The fourth-order valence-electron chi connectivity index (χ4n) is 2.50. The molecule has 1 aromatic carbocycles. The number of nitrogens with zero attached hydrogens (tertiary/aromatic N) is 3. The SMILES string of the molecule is O=C(CN1CCCS1(=O)=O)Nc1ccc(Cn2cccn2)cc1. The lowest BCUT2D eigenvalue weighted by Crippen LogP contribution is -2.34. The standard InChI is InChI=1S/C15H18N4O3S/c20-15(12-19-9-2-10-23(19,21)22)17-14-5-3-13(4-6-14)11-18-8-1-7-16-18/h1,3-8H,2,9-12H2,(H,17,20). The van der Waals surface area contributed by atoms with Gasteiger partial charge >= 0.3 is 0 Å². The highest BCUT2D eigenvalue weighted by Gasteiger charge is 2.29. The second kappa shape index (κ2) is 6.51. The molecule has 0 atom stereocenters. The quantitative estimate of drug-likeness (QED) is 0.881. The highest BCUT2D eigenvalue weighted by molar-refractivity contribution is 7.89. The second-order valence-electron chi connectivity index (χ2n) is 5.45. The Morgan fingerprint density at radius 3 is 2.65 bits per heavy atom. The van der Waals surface area contributed by atoms with Crippen LogP contribution in [0.5, 0.6) is 0 Å². The lowest BCUT2D eigenvalue weighted by Gasteiger charge is -2.14. The van der Waals surface area contributed by atoms with Crippen LogP contribution in [0.4, 0.5) is 5.69 Å². The lowest BCUT2D eigenvalue weighted by molar-refractivity contribution is -0.116. The molecule has 1 N–H and O–H groups in total. The summed E-state index contributed by atoms with van der Waals surface area (Å²) in [6.45, 7) is 0.948. The van der Waals surface area contributed by atoms with E-state index in [9.17, 15) is 13.2 Å². The highest BCUT2D eigenvalue weighted by atomic mass is 32.2. The van der Waals surface area contributed by atoms with Gasteiger partial charge in [0.05, 0.1) is 18.8 Å². The third kappa shape index (κ3) is 3.96. The Balaban J connectivity index is 1.56. The first-order valence-electron chi connectivity index (χ1n) is 7.37. The monoisotopic (exact) mass is 334 g/mol. The number of anilines is 1. The maximum atomic E-state index is 12.0. The van der Waals surface area contributed by atoms with Gasteiger partial charge in [0.1, 0.15) is 0 Å². The van der Waals surface area contributed by atoms with Crippen molar-refractivity contribution in [3.63, 3.8) is 0 Å². The van der Waals surface area contributed by atoms with Gasteiger partial charge in [0, 0.05) is 24.6 Å². The van der Waals surface area contributed by atoms with Crippen LogP contribution in [0.1, 0.15) is 12.0 Å². The van der Waals surface area contributed by atoms with Crippen LogP contribution in [-0.2, 0) is 21.4 Å². The molecule has 8 heteroatoms. The summed E-state index contributed by atoms with van der Waals surface area (Å²) >= 11 is 0. The van der Waals surface area contributed by atoms with Crippen molar-refractivity contribution in [3.8, 4) is 0 Å². The number of hydrogen-bond donors (Lipinski definition) is 1. The minimum atomic E-state index is -3.25. The van der Waals surface area contributed by atoms with Crippen molar-refractivity contribution >= 4 is 21.6 Å². The second-order valence-corrected chi connectivity index (χ2v) is 7.54. The lowest BCUT2D eigenvalue weighted by atomic mass is 10.2. The Labute approximate surface area is 135 Å². The Kier molecular flexibility index (Phi) is 4.44. The summed E-state index contributed by atoms with van der Waals surface area (Å²) in [4.78, 5) is 12.0. The predicted octanol–water partition coefficient (Wildman–Crippen LogP) is 0.905. The van der Waals surface area contributed by atoms with Gasteiger partial charge < -0.3 is 5.32 Å². The van der Waals surface area contributed by atoms with Gasteiger partial charge in [-0.15, -0.1) is 0 Å². The number of carbonyl (C=O) groups is 1. The van der Waals surface area contributed by atoms with E-state index in [1.165, 1.54) is 4.31 Å². The molecule has 1 saturated heterocycles. The summed E-state index contributed by atoms with van der Waals surface area (Å²) in [5, 5.41) is 6.86. The van der Waals surface area contributed by atoms with Crippen molar-refractivity contribution in [3.05, 3.63) is 48.3 Å². The molecule has 0 aliphatic carbocycles. The van der Waals surface area contributed by atoms with Gasteiger partial charge in [-0.05, 0) is 30.2 Å². The molecule has 0 radical (unpaired) electrons. The number of nitrogens with one attached hydrogen (secondary N) is 1. The van der Waals surface area contributed by atoms with E-state index in [4.69, 9.17) is 0 Å². The van der Waals surface area contributed by atoms with E-state index in [1.807, 2.05) is 29.1 Å². The van der Waals surface area contributed by atoms with Crippen LogP contribution in [0.2, 0.25) is 0 Å². The third-order valence-corrected chi connectivity index (χ3v) is 5.57. The van der Waals surface area contributed by atoms with Crippen LogP contribution in [0.3, 0.4) is 0 Å². The van der Waals surface area contributed by atoms with Crippen LogP contribution in [0, 0.1) is 0 Å². The first kappa shape index (κ1) is 15.7. The van der Waals surface area contributed by atoms with Crippen molar-refractivity contribution in [1.82, 2.24) is 14.1 Å². The number of rotatable bonds is 5. The predicted molar refractivity (Wildman–Crippen MR) is 86.4 cm³/mol. The topological polar surface area (TPSA) is 84.3 Å². The molecule has 1 aliphatic rings. The Bertz CT molecular complexity index is 770. The fraction of sp³-hybridized carbons (Fsp3) is 0.333. The number of aromatic nitrogens is 2. The normalized spacial score (nSPS) is 17.2. The van der Waals surface area contributed by atoms with Crippen molar-refractivity contribution in [2.75, 3.05) is 24.2 Å². The zero-order valence-corrected chi connectivity index (χ0v) is 13.4. The maximum Gasteiger partial charge on any atom is 0.239 e. The minimum absolute atomic E-state index is 0.127. The third-order valence-electron chi connectivity index (χ3n) is 3.66. The molecule has 23 heavy (non-hydrogen) atoms. The Morgan fingerprint density at radius 1 is 1.26 bits per heavy atom. The van der Waals surface area contributed by atoms with Gasteiger partial charge in [0.15, 0.2) is 0 Å². The summed E-state index contributed by atoms with van der Waals surface area (Å²) < 4.78 is 26.4. The zero-order chi connectivity index (χ0) is 16.3. The van der Waals surface area contributed by atoms with E-state index in [2.05, 4.69) is 10.4 Å². The van der Waals surface area contributed by atoms with Gasteiger partial charge in [-0.2, -0.15) is 9.40 Å². The summed E-state index contributed by atoms with van der Waals surface area (Å²) in [6, 6.07) is 9.28. The molecule has 3 rings (SSSR count). The number of carbonyl (C=O) groups excluding carboxylic acids is 1. The minimum Gasteiger partial charge on any atom is -0.325 e. The average molecular weight is 334 g/mol. The number of benzene rings is 1. The first-order chi connectivity index (χ1) is 11.0. The van der Waals surface area contributed by atoms with Gasteiger partial charge in [0.2, 0.25) is 15.9 Å². The molecule has 0 spiro atoms. The molecule has 0 bridgehead atoms. The van der Waals surface area contributed by atoms with E-state index in [1.54, 1.807) is 18.3 Å². The molecule has 2 heterocycles. The summed E-state index contributed by atoms with van der Waals surface area (Å²) in [7, 11) is -3.25. The zero-order valence-electron chi connectivity index (χ0n) is 12.6. The molecule has 0 saturated carbocycles. The Hall–Kier alpha value is -2.19. The summed E-state index contributed by atoms with van der Waals surface area (Å²) in [6.07, 6.45) is 4.19. The van der Waals surface area contributed by atoms with Crippen molar-refractivity contribution in [1.29, 1.82) is 0 Å². The van der Waals surface area contributed by atoms with Crippen molar-refractivity contribution < 1.29 is 13.2 Å². The largest absolute Gasteiger partial charge is 0.325 e. The molecule has 1 amide bonds. The summed E-state index contributed by atoms with van der Waals surface area (Å²) in [5.74, 6) is -0.196. The van der Waals surface area contributed by atoms with Gasteiger partial charge in [-0.1, -0.05) is 12.1 Å². The molecule has 2 aromatic rings. The molecule has 1 aliphatic heterocycles. The molecule has 0 unspecified atom stereocenters. The van der Waals surface area contributed by atoms with Gasteiger partial charge in [-0.25, -0.2) is 8.42 Å². The molecular formula is C15H18N4O3S. The van der Waals surface area contributed by atoms with E-state index < -0.39 is 10.0 Å². The van der Waals surface area contributed by atoms with Crippen LogP contribution < -0.4 is 5.32 Å². The van der Waals surface area contributed by atoms with E-state index >= 15 is 0 Å². The number of amides is 1. The van der Waals surface area contributed by atoms with Crippen LogP contribution in [0.25, 0.3) is 0 Å². The van der Waals surface area contributed by atoms with Crippen LogP contribution >= 0.6 is 0 Å². The Morgan fingerprint density at radius 2 is 2.04 bits per heavy atom. The molecule has 1 fully saturated rings. The van der Waals surface area contributed by atoms with Gasteiger partial charge in [-0.3, -0.25) is 9.48 Å². The molecular weight excluding hydrogens is 316 g/mol. The summed E-state index contributed by atoms with van der Waals surface area (Å²) in [5.41, 5.74) is 1.71. The highest BCUT2D eigenvalue weighted by Crippen LogP contribution is 2.14. The fourth-order valence-corrected chi connectivity index (χ4v) is 3.98. The molecule has 7 nitrogen and oxygen atoms in total. The van der Waals surface area contributed by atoms with Crippen LogP contribution in [0.15, 0.2) is 42.7 Å². The smallest absolute Gasteiger partial charge is 0.239 e. The average Bonchev–Trinajstić information content (AvgIpc) is 3.11. The maximum absolute atomic E-state index is 12.0. The van der Waals surface area contributed by atoms with Crippen molar-refractivity contribution in [2.24, 2.45) is 0 Å². The van der Waals surface area contributed by atoms with E-state index in [0.717, 1.165) is 5.56 Å². The van der Waals surface area contributed by atoms with Crippen LogP contribution in [-0.4, -0.2) is 47.3 Å².